The summed E-state index contributed by atoms with van der Waals surface area (Å²) in [5.41, 5.74) is 4.57. The predicted octanol–water partition coefficient (Wildman–Crippen LogP) is 3.80. The normalized spacial score (nSPS) is 11.3. The number of aromatic nitrogens is 2. The minimum Gasteiger partial charge on any atom is -0.307 e. The molecule has 20 heavy (non-hydrogen) atoms. The summed E-state index contributed by atoms with van der Waals surface area (Å²) in [5, 5.41) is 8.49. The Hall–Kier alpha value is -1.32. The second kappa shape index (κ2) is 6.42. The minimum absolute atomic E-state index is 0.577. The highest BCUT2D eigenvalue weighted by Gasteiger charge is 2.10. The standard InChI is InChI=1S/C16H22ClN3/c1-11(2)14-7-5-13(6-8-14)9-18-10-15-16(17)12(3)19-20(15)4/h5-8,11,18H,9-10H2,1-4H3. The van der Waals surface area contributed by atoms with E-state index in [9.17, 15) is 0 Å². The molecule has 0 aliphatic carbocycles. The van der Waals surface area contributed by atoms with Crippen LogP contribution in [0.25, 0.3) is 0 Å². The van der Waals surface area contributed by atoms with Crippen LogP contribution in [0.2, 0.25) is 5.02 Å². The number of halogens is 1. The van der Waals surface area contributed by atoms with Crippen LogP contribution in [0, 0.1) is 6.92 Å². The molecule has 0 unspecified atom stereocenters. The molecule has 0 saturated heterocycles. The van der Waals surface area contributed by atoms with Gasteiger partial charge in [-0.05, 0) is 24.0 Å². The van der Waals surface area contributed by atoms with E-state index in [0.717, 1.165) is 29.5 Å². The lowest BCUT2D eigenvalue weighted by atomic mass is 10.0. The van der Waals surface area contributed by atoms with Gasteiger partial charge in [0.15, 0.2) is 0 Å². The first-order chi connectivity index (χ1) is 9.49. The van der Waals surface area contributed by atoms with Gasteiger partial charge in [0, 0.05) is 20.1 Å². The van der Waals surface area contributed by atoms with Gasteiger partial charge in [-0.15, -0.1) is 0 Å². The van der Waals surface area contributed by atoms with Crippen LogP contribution in [0.4, 0.5) is 0 Å². The highest BCUT2D eigenvalue weighted by molar-refractivity contribution is 6.31. The van der Waals surface area contributed by atoms with Gasteiger partial charge in [0.2, 0.25) is 0 Å². The number of hydrogen-bond acceptors (Lipinski definition) is 2. The molecule has 0 saturated carbocycles. The Morgan fingerprint density at radius 2 is 1.85 bits per heavy atom. The summed E-state index contributed by atoms with van der Waals surface area (Å²) >= 11 is 6.23. The topological polar surface area (TPSA) is 29.9 Å². The van der Waals surface area contributed by atoms with Crippen molar-refractivity contribution in [1.29, 1.82) is 0 Å². The van der Waals surface area contributed by atoms with Crippen LogP contribution in [0.3, 0.4) is 0 Å². The highest BCUT2D eigenvalue weighted by Crippen LogP contribution is 2.19. The van der Waals surface area contributed by atoms with Gasteiger partial charge in [-0.25, -0.2) is 0 Å². The lowest BCUT2D eigenvalue weighted by Gasteiger charge is -2.08. The zero-order chi connectivity index (χ0) is 14.7. The Morgan fingerprint density at radius 3 is 2.35 bits per heavy atom. The van der Waals surface area contributed by atoms with Crippen LogP contribution in [-0.4, -0.2) is 9.78 Å². The van der Waals surface area contributed by atoms with Crippen molar-refractivity contribution in [3.63, 3.8) is 0 Å². The molecule has 1 N–H and O–H groups in total. The number of aryl methyl sites for hydroxylation is 2. The smallest absolute Gasteiger partial charge is 0.0860 e. The fourth-order valence-corrected chi connectivity index (χ4v) is 2.44. The number of nitrogens with zero attached hydrogens (tertiary/aromatic N) is 2. The second-order valence-corrected chi connectivity index (χ2v) is 5.85. The molecule has 1 heterocycles. The van der Waals surface area contributed by atoms with Crippen molar-refractivity contribution in [2.75, 3.05) is 0 Å². The maximum atomic E-state index is 6.23. The number of rotatable bonds is 5. The molecule has 0 bridgehead atoms. The van der Waals surface area contributed by atoms with Gasteiger partial charge in [-0.2, -0.15) is 5.10 Å². The highest BCUT2D eigenvalue weighted by atomic mass is 35.5. The van der Waals surface area contributed by atoms with E-state index >= 15 is 0 Å². The van der Waals surface area contributed by atoms with Gasteiger partial charge >= 0.3 is 0 Å². The molecule has 2 rings (SSSR count). The molecular weight excluding hydrogens is 270 g/mol. The summed E-state index contributed by atoms with van der Waals surface area (Å²) in [6.07, 6.45) is 0. The van der Waals surface area contributed by atoms with Gasteiger partial charge in [0.05, 0.1) is 16.4 Å². The maximum Gasteiger partial charge on any atom is 0.0860 e. The van der Waals surface area contributed by atoms with Crippen molar-refractivity contribution in [2.45, 2.75) is 39.8 Å². The Labute approximate surface area is 126 Å². The lowest BCUT2D eigenvalue weighted by molar-refractivity contribution is 0.624. The van der Waals surface area contributed by atoms with Crippen LogP contribution in [0.1, 0.15) is 42.3 Å². The van der Waals surface area contributed by atoms with Crippen molar-refractivity contribution in [3.05, 3.63) is 51.8 Å². The molecule has 3 nitrogen and oxygen atoms in total. The number of nitrogens with one attached hydrogen (secondary N) is 1. The van der Waals surface area contributed by atoms with Crippen LogP contribution in [0.15, 0.2) is 24.3 Å². The largest absolute Gasteiger partial charge is 0.307 e. The van der Waals surface area contributed by atoms with E-state index in [1.807, 2.05) is 18.7 Å². The predicted molar refractivity (Wildman–Crippen MR) is 84.0 cm³/mol. The maximum absolute atomic E-state index is 6.23. The van der Waals surface area contributed by atoms with Crippen molar-refractivity contribution in [1.82, 2.24) is 15.1 Å². The zero-order valence-electron chi connectivity index (χ0n) is 12.6. The molecule has 0 spiro atoms. The molecular formula is C16H22ClN3. The third-order valence-electron chi connectivity index (χ3n) is 3.53. The Bertz CT molecular complexity index is 570. The summed E-state index contributed by atoms with van der Waals surface area (Å²) in [4.78, 5) is 0. The summed E-state index contributed by atoms with van der Waals surface area (Å²) < 4.78 is 1.84. The number of hydrogen-bond donors (Lipinski definition) is 1. The van der Waals surface area contributed by atoms with E-state index in [0.29, 0.717) is 5.92 Å². The summed E-state index contributed by atoms with van der Waals surface area (Å²) in [6.45, 7) is 7.90. The first-order valence-corrected chi connectivity index (χ1v) is 7.34. The molecule has 2 aromatic rings. The van der Waals surface area contributed by atoms with E-state index in [4.69, 9.17) is 11.6 Å². The van der Waals surface area contributed by atoms with E-state index in [-0.39, 0.29) is 0 Å². The van der Waals surface area contributed by atoms with Crippen LogP contribution in [-0.2, 0) is 20.1 Å². The van der Waals surface area contributed by atoms with E-state index in [2.05, 4.69) is 48.5 Å². The van der Waals surface area contributed by atoms with Gasteiger partial charge in [-0.3, -0.25) is 4.68 Å². The molecule has 1 aromatic heterocycles. The van der Waals surface area contributed by atoms with E-state index in [1.165, 1.54) is 11.1 Å². The van der Waals surface area contributed by atoms with Crippen LogP contribution in [0.5, 0.6) is 0 Å². The fraction of sp³-hybridized carbons (Fsp3) is 0.438. The Balaban J connectivity index is 1.92. The molecule has 0 fully saturated rings. The molecule has 108 valence electrons. The van der Waals surface area contributed by atoms with E-state index < -0.39 is 0 Å². The molecule has 0 atom stereocenters. The van der Waals surface area contributed by atoms with Crippen molar-refractivity contribution < 1.29 is 0 Å². The monoisotopic (exact) mass is 291 g/mol. The molecule has 0 aliphatic rings. The first kappa shape index (κ1) is 15.1. The van der Waals surface area contributed by atoms with E-state index in [1.54, 1.807) is 0 Å². The van der Waals surface area contributed by atoms with Gasteiger partial charge in [-0.1, -0.05) is 49.7 Å². The summed E-state index contributed by atoms with van der Waals surface area (Å²) in [7, 11) is 1.92. The third kappa shape index (κ3) is 3.41. The summed E-state index contributed by atoms with van der Waals surface area (Å²) in [5.74, 6) is 0.577. The average molecular weight is 292 g/mol. The zero-order valence-corrected chi connectivity index (χ0v) is 13.3. The van der Waals surface area contributed by atoms with Gasteiger partial charge in [0.25, 0.3) is 0 Å². The molecule has 0 radical (unpaired) electrons. The van der Waals surface area contributed by atoms with Gasteiger partial charge < -0.3 is 5.32 Å². The van der Waals surface area contributed by atoms with Gasteiger partial charge in [0.1, 0.15) is 0 Å². The minimum atomic E-state index is 0.577. The molecule has 1 aromatic carbocycles. The lowest BCUT2D eigenvalue weighted by Crippen LogP contribution is -2.15. The third-order valence-corrected chi connectivity index (χ3v) is 4.02. The van der Waals surface area contributed by atoms with Crippen LogP contribution < -0.4 is 5.32 Å². The Kier molecular flexibility index (Phi) is 4.84. The Morgan fingerprint density at radius 1 is 1.20 bits per heavy atom. The SMILES string of the molecule is Cc1nn(C)c(CNCc2ccc(C(C)C)cc2)c1Cl. The van der Waals surface area contributed by atoms with Crippen LogP contribution >= 0.6 is 11.6 Å². The molecule has 4 heteroatoms. The first-order valence-electron chi connectivity index (χ1n) is 6.96. The second-order valence-electron chi connectivity index (χ2n) is 5.47. The molecule has 0 aliphatic heterocycles. The quantitative estimate of drug-likeness (QED) is 0.908. The number of benzene rings is 1. The fourth-order valence-electron chi connectivity index (χ4n) is 2.22. The average Bonchev–Trinajstić information content (AvgIpc) is 2.65. The molecule has 0 amide bonds. The van der Waals surface area contributed by atoms with Crippen molar-refractivity contribution >= 4 is 11.6 Å². The van der Waals surface area contributed by atoms with Crippen molar-refractivity contribution in [3.8, 4) is 0 Å². The van der Waals surface area contributed by atoms with Crippen molar-refractivity contribution in [2.24, 2.45) is 7.05 Å². The summed E-state index contributed by atoms with van der Waals surface area (Å²) in [6, 6.07) is 8.75.